The zero-order valence-corrected chi connectivity index (χ0v) is 39.4. The van der Waals surface area contributed by atoms with Gasteiger partial charge in [-0.1, -0.05) is 79.9 Å². The van der Waals surface area contributed by atoms with Crippen molar-refractivity contribution in [3.05, 3.63) is 109 Å². The largest absolute Gasteiger partial charge is 0.481 e. The summed E-state index contributed by atoms with van der Waals surface area (Å²) in [7, 11) is 3.04. The maximum absolute atomic E-state index is 12.6. The van der Waals surface area contributed by atoms with Crippen LogP contribution in [0.15, 0.2) is 82.2 Å². The van der Waals surface area contributed by atoms with E-state index >= 15 is 0 Å². The molecule has 2 aromatic carbocycles. The number of allylic oxidation sites excluding steroid dienone is 4. The summed E-state index contributed by atoms with van der Waals surface area (Å²) in [5, 5.41) is 45.3. The fraction of sp³-hybridized carbons (Fsp3) is 0.489. The van der Waals surface area contributed by atoms with Gasteiger partial charge < -0.3 is 39.8 Å². The van der Waals surface area contributed by atoms with E-state index in [1.165, 1.54) is 24.0 Å². The second-order valence-corrected chi connectivity index (χ2v) is 19.6. The molecule has 0 unspecified atom stereocenters. The van der Waals surface area contributed by atoms with Crippen LogP contribution in [0.4, 0.5) is 11.4 Å². The number of Topliss-reactive ketones (excluding diaryl/α,β-unsaturated/α-hetero) is 1. The van der Waals surface area contributed by atoms with E-state index in [0.717, 1.165) is 10.1 Å². The number of hydrogen-bond donors (Lipinski definition) is 5. The Morgan fingerprint density at radius 2 is 1.65 bits per heavy atom. The summed E-state index contributed by atoms with van der Waals surface area (Å²) in [6.45, 7) is 6.45. The molecule has 0 spiro atoms. The van der Waals surface area contributed by atoms with Crippen molar-refractivity contribution in [1.29, 1.82) is 0 Å². The van der Waals surface area contributed by atoms with Crippen molar-refractivity contribution in [1.82, 2.24) is 18.7 Å². The highest BCUT2D eigenvalue weighted by Crippen LogP contribution is 2.71. The van der Waals surface area contributed by atoms with Gasteiger partial charge in [0.25, 0.3) is 5.56 Å². The summed E-state index contributed by atoms with van der Waals surface area (Å²) < 4.78 is 14.8. The number of ketones is 2. The molecule has 4 aromatic rings. The Morgan fingerprint density at radius 1 is 0.985 bits per heavy atom. The number of imidazole rings is 1. The maximum Gasteiger partial charge on any atom is 0.332 e. The quantitative estimate of drug-likeness (QED) is 0.141. The number of anilines is 2. The number of para-hydroxylation sites is 2. The van der Waals surface area contributed by atoms with Gasteiger partial charge in [-0.3, -0.25) is 28.3 Å². The predicted octanol–water partition coefficient (Wildman–Crippen LogP) is 5.34. The zero-order chi connectivity index (χ0) is 48.1. The van der Waals surface area contributed by atoms with Gasteiger partial charge in [0.2, 0.25) is 0 Å². The van der Waals surface area contributed by atoms with Gasteiger partial charge in [-0.25, -0.2) is 9.78 Å². The minimum atomic E-state index is -1.68. The van der Waals surface area contributed by atoms with Crippen molar-refractivity contribution in [2.45, 2.75) is 82.3 Å². The first-order valence-corrected chi connectivity index (χ1v) is 22.8. The molecule has 19 heteroatoms. The number of benzene rings is 2. The van der Waals surface area contributed by atoms with E-state index in [0.29, 0.717) is 77.2 Å². The van der Waals surface area contributed by atoms with Crippen LogP contribution in [-0.2, 0) is 50.9 Å². The summed E-state index contributed by atoms with van der Waals surface area (Å²) in [5.74, 6) is -2.04. The Kier molecular flexibility index (Phi) is 14.0. The first-order valence-electron chi connectivity index (χ1n) is 21.7. The number of nitrogens with zero attached hydrogens (tertiary/aromatic N) is 4. The van der Waals surface area contributed by atoms with Gasteiger partial charge in [0.05, 0.1) is 59.2 Å². The molecular formula is C47H54Cl3N5O11. The van der Waals surface area contributed by atoms with Crippen LogP contribution in [0.25, 0.3) is 11.2 Å². The van der Waals surface area contributed by atoms with Gasteiger partial charge in [-0.15, -0.1) is 11.6 Å². The van der Waals surface area contributed by atoms with Crippen LogP contribution in [0, 0.1) is 28.6 Å². The Hall–Kier alpha value is -4.65. The van der Waals surface area contributed by atoms with Gasteiger partial charge in [0, 0.05) is 30.6 Å². The number of aryl methyl sites for hydroxylation is 1. The second-order valence-electron chi connectivity index (χ2n) is 18.1. The summed E-state index contributed by atoms with van der Waals surface area (Å²) in [4.78, 5) is 62.4. The summed E-state index contributed by atoms with van der Waals surface area (Å²) >= 11 is 19.5. The average molecular weight is 971 g/mol. The topological polar surface area (TPSA) is 224 Å². The van der Waals surface area contributed by atoms with Crippen molar-refractivity contribution < 1.29 is 44.3 Å². The molecule has 5 N–H and O–H groups in total. The highest BCUT2D eigenvalue weighted by atomic mass is 35.5. The van der Waals surface area contributed by atoms with E-state index in [1.54, 1.807) is 54.1 Å². The number of rotatable bonds is 8. The van der Waals surface area contributed by atoms with E-state index in [-0.39, 0.29) is 48.2 Å². The number of carboxylic acid groups (broad SMARTS) is 1. The lowest BCUT2D eigenvalue weighted by molar-refractivity contribution is -0.179. The number of halogens is 3. The molecule has 16 nitrogen and oxygen atoms in total. The number of carbonyl (C=O) groups is 3. The number of carbonyl (C=O) groups excluding carboxylic acids is 2. The molecule has 3 saturated carbocycles. The van der Waals surface area contributed by atoms with Crippen LogP contribution in [0.3, 0.4) is 0 Å². The molecule has 0 amide bonds. The van der Waals surface area contributed by atoms with Crippen molar-refractivity contribution in [2.24, 2.45) is 42.7 Å². The summed E-state index contributed by atoms with van der Waals surface area (Å²) in [5.41, 5.74) is -0.339. The highest BCUT2D eigenvalue weighted by Gasteiger charge is 2.74. The Balaban J connectivity index is 0.000000152. The van der Waals surface area contributed by atoms with Crippen LogP contribution in [-0.4, -0.2) is 99.3 Å². The van der Waals surface area contributed by atoms with Gasteiger partial charge in [-0.2, -0.15) is 0 Å². The van der Waals surface area contributed by atoms with Crippen LogP contribution < -0.4 is 16.6 Å². The molecule has 354 valence electrons. The molecule has 9 rings (SSSR count). The van der Waals surface area contributed by atoms with E-state index in [9.17, 15) is 39.3 Å². The van der Waals surface area contributed by atoms with Crippen LogP contribution >= 0.6 is 34.8 Å². The number of alkyl halides is 1. The predicted molar refractivity (Wildman–Crippen MR) is 248 cm³/mol. The van der Waals surface area contributed by atoms with Crippen LogP contribution in [0.5, 0.6) is 0 Å². The van der Waals surface area contributed by atoms with Gasteiger partial charge in [0.15, 0.2) is 29.0 Å². The number of ether oxygens (including phenoxy) is 2. The monoisotopic (exact) mass is 969 g/mol. The Labute approximate surface area is 395 Å². The minimum Gasteiger partial charge on any atom is -0.481 e. The first kappa shape index (κ1) is 49.3. The number of carboxylic acids is 1. The van der Waals surface area contributed by atoms with E-state index in [4.69, 9.17) is 49.4 Å². The molecule has 2 aromatic heterocycles. The lowest BCUT2D eigenvalue weighted by Crippen LogP contribution is -2.69. The number of nitrogens with one attached hydrogen (secondary N) is 1. The highest BCUT2D eigenvalue weighted by molar-refractivity contribution is 6.39. The van der Waals surface area contributed by atoms with Crippen molar-refractivity contribution >= 4 is 74.9 Å². The standard InChI is InChI=1S/C22H29ClO5.C14H11Cl2NO2.C11H14N4O4/c1-12-8-16-15-5-4-13-9-14(25)6-7-19(13,2)21(15,23)17(26)10-20(16,3)22(12,28)18(27)11-24;15-10-5-3-6-11(16)14(10)17-12-7-2-1-4-9(12)8-13(18)19;1-13-9-8(10(16)14(2)11(13)17)15(6-12-9)5-7-18-3-4-19-7/h6-7,9,12,15-17,24,26,28H,4-5,8,10-11H2,1-3H3;1-7,17H,8H2,(H,18,19);6-7H,3-5H2,1-2H3/t12-,15-,16-,17-,19-,20-,21-,22-;;/m0../s1. The normalized spacial score (nSPS) is 30.0. The average Bonchev–Trinajstić information content (AvgIpc) is 4.00. The Bertz CT molecular complexity index is 2730. The first-order chi connectivity index (χ1) is 31.1. The fourth-order valence-electron chi connectivity index (χ4n) is 11.2. The molecular weight excluding hydrogens is 917 g/mol. The third-order valence-electron chi connectivity index (χ3n) is 14.6. The number of aliphatic carboxylic acids is 1. The fourth-order valence-corrected chi connectivity index (χ4v) is 12.2. The Morgan fingerprint density at radius 3 is 2.30 bits per heavy atom. The zero-order valence-electron chi connectivity index (χ0n) is 37.2. The van der Waals surface area contributed by atoms with E-state index in [1.807, 2.05) is 32.9 Å². The van der Waals surface area contributed by atoms with Gasteiger partial charge >= 0.3 is 11.7 Å². The van der Waals surface area contributed by atoms with Crippen molar-refractivity contribution in [3.63, 3.8) is 0 Å². The van der Waals surface area contributed by atoms with Gasteiger partial charge in [-0.05, 0) is 79.4 Å². The second kappa shape index (κ2) is 18.8. The number of fused-ring (bicyclic) bond motifs is 6. The molecule has 0 radical (unpaired) electrons. The maximum atomic E-state index is 12.6. The van der Waals surface area contributed by atoms with E-state index in [2.05, 4.69) is 10.3 Å². The molecule has 8 atom stereocenters. The lowest BCUT2D eigenvalue weighted by Gasteiger charge is -2.63. The molecule has 4 aliphatic carbocycles. The third kappa shape index (κ3) is 8.27. The summed E-state index contributed by atoms with van der Waals surface area (Å²) in [6.07, 6.45) is 7.31. The number of aliphatic hydroxyl groups is 3. The SMILES string of the molecule is C[C@H]1C[C@H]2[C@@H]3CCC4=CC(=O)C=C[C@]4(C)[C@@]3(Cl)[C@@H](O)C[C@]2(C)[C@@]1(O)C(=O)CO.Cn1c(=O)c2c(ncn2CC2OCCO2)n(C)c1=O.O=C(O)Cc1ccccc1Nc1c(Cl)cccc1Cl. The number of aliphatic hydroxyl groups excluding tert-OH is 2. The van der Waals surface area contributed by atoms with E-state index < -0.39 is 51.5 Å². The molecule has 0 bridgehead atoms. The van der Waals surface area contributed by atoms with Crippen LogP contribution in [0.1, 0.15) is 52.0 Å². The third-order valence-corrected chi connectivity index (χ3v) is 16.2. The number of aromatic nitrogens is 4. The molecule has 1 aliphatic heterocycles. The molecule has 5 aliphatic rings. The smallest absolute Gasteiger partial charge is 0.332 e. The van der Waals surface area contributed by atoms with Crippen molar-refractivity contribution in [2.75, 3.05) is 25.1 Å². The lowest BCUT2D eigenvalue weighted by atomic mass is 9.45. The molecule has 1 saturated heterocycles. The molecule has 66 heavy (non-hydrogen) atoms. The molecule has 4 fully saturated rings. The van der Waals surface area contributed by atoms with Crippen LogP contribution in [0.2, 0.25) is 10.0 Å². The number of hydrogen-bond acceptors (Lipinski definition) is 12. The van der Waals surface area contributed by atoms with Gasteiger partial charge in [0.1, 0.15) is 12.2 Å². The molecule has 3 heterocycles. The van der Waals surface area contributed by atoms with Crippen molar-refractivity contribution in [3.8, 4) is 0 Å². The minimum absolute atomic E-state index is 0.0567. The summed E-state index contributed by atoms with van der Waals surface area (Å²) in [6, 6.07) is 12.3.